The Morgan fingerprint density at radius 2 is 2.58 bits per heavy atom. The molecule has 3 heteroatoms. The molecule has 12 heavy (non-hydrogen) atoms. The number of hydrogen-bond acceptors (Lipinski definition) is 2. The molecule has 1 rings (SSSR count). The van der Waals surface area contributed by atoms with Crippen LogP contribution in [0.1, 0.15) is 13.3 Å². The first-order valence-electron chi connectivity index (χ1n) is 4.37. The third-order valence-electron chi connectivity index (χ3n) is 2.15. The summed E-state index contributed by atoms with van der Waals surface area (Å²) in [5.41, 5.74) is 0. The van der Waals surface area contributed by atoms with Crippen LogP contribution in [0.25, 0.3) is 0 Å². The molecule has 1 heterocycles. The lowest BCUT2D eigenvalue weighted by Gasteiger charge is -2.12. The van der Waals surface area contributed by atoms with E-state index in [1.54, 1.807) is 6.08 Å². The van der Waals surface area contributed by atoms with Crippen LogP contribution in [0.5, 0.6) is 0 Å². The Morgan fingerprint density at radius 3 is 3.08 bits per heavy atom. The van der Waals surface area contributed by atoms with E-state index < -0.39 is 0 Å². The Bertz CT molecular complexity index is 173. The molecule has 1 aliphatic heterocycles. The molecule has 2 atom stereocenters. The lowest BCUT2D eigenvalue weighted by molar-refractivity contribution is -0.124. The summed E-state index contributed by atoms with van der Waals surface area (Å²) in [4.78, 5) is 11.4. The summed E-state index contributed by atoms with van der Waals surface area (Å²) in [6.45, 7) is 7.31. The second kappa shape index (κ2) is 4.26. The van der Waals surface area contributed by atoms with Crippen LogP contribution < -0.4 is 10.6 Å². The van der Waals surface area contributed by atoms with Gasteiger partial charge in [0.25, 0.3) is 0 Å². The van der Waals surface area contributed by atoms with Gasteiger partial charge in [0.1, 0.15) is 0 Å². The molecule has 1 amide bonds. The zero-order valence-electron chi connectivity index (χ0n) is 7.47. The maximum absolute atomic E-state index is 11.4. The zero-order valence-corrected chi connectivity index (χ0v) is 7.47. The maximum Gasteiger partial charge on any atom is 0.224 e. The quantitative estimate of drug-likeness (QED) is 0.595. The third kappa shape index (κ3) is 2.34. The van der Waals surface area contributed by atoms with Crippen molar-refractivity contribution in [2.75, 3.05) is 13.1 Å². The van der Waals surface area contributed by atoms with Crippen LogP contribution in [0, 0.1) is 5.92 Å². The Kier molecular flexibility index (Phi) is 3.29. The van der Waals surface area contributed by atoms with E-state index in [4.69, 9.17) is 0 Å². The van der Waals surface area contributed by atoms with Crippen molar-refractivity contribution in [2.45, 2.75) is 19.4 Å². The van der Waals surface area contributed by atoms with E-state index in [1.165, 1.54) is 0 Å². The van der Waals surface area contributed by atoms with Crippen LogP contribution in [0.15, 0.2) is 12.7 Å². The van der Waals surface area contributed by atoms with Crippen LogP contribution in [-0.4, -0.2) is 25.0 Å². The smallest absolute Gasteiger partial charge is 0.224 e. The molecular formula is C9H16N2O. The fraction of sp³-hybridized carbons (Fsp3) is 0.667. The van der Waals surface area contributed by atoms with Crippen molar-refractivity contribution < 1.29 is 4.79 Å². The summed E-state index contributed by atoms with van der Waals surface area (Å²) in [6, 6.07) is 0.0816. The van der Waals surface area contributed by atoms with E-state index in [0.29, 0.717) is 0 Å². The monoisotopic (exact) mass is 168 g/mol. The number of carbonyl (C=O) groups excluding carboxylic acids is 1. The van der Waals surface area contributed by atoms with Crippen LogP contribution in [0.2, 0.25) is 0 Å². The SMILES string of the molecule is C=CC(C)NC(=O)[C@H]1CCNC1. The highest BCUT2D eigenvalue weighted by Crippen LogP contribution is 2.07. The molecular weight excluding hydrogens is 152 g/mol. The van der Waals surface area contributed by atoms with Gasteiger partial charge in [-0.3, -0.25) is 4.79 Å². The minimum absolute atomic E-state index is 0.0816. The normalized spacial score (nSPS) is 24.9. The number of nitrogens with one attached hydrogen (secondary N) is 2. The molecule has 1 saturated heterocycles. The van der Waals surface area contributed by atoms with Crippen molar-refractivity contribution in [3.63, 3.8) is 0 Å². The molecule has 1 unspecified atom stereocenters. The topological polar surface area (TPSA) is 41.1 Å². The molecule has 0 aromatic heterocycles. The van der Waals surface area contributed by atoms with Gasteiger partial charge < -0.3 is 10.6 Å². The molecule has 0 saturated carbocycles. The van der Waals surface area contributed by atoms with E-state index >= 15 is 0 Å². The molecule has 3 nitrogen and oxygen atoms in total. The molecule has 0 spiro atoms. The summed E-state index contributed by atoms with van der Waals surface area (Å²) < 4.78 is 0. The second-order valence-electron chi connectivity index (χ2n) is 3.22. The van der Waals surface area contributed by atoms with Crippen molar-refractivity contribution >= 4 is 5.91 Å². The average molecular weight is 168 g/mol. The number of rotatable bonds is 3. The van der Waals surface area contributed by atoms with Gasteiger partial charge in [-0.25, -0.2) is 0 Å². The molecule has 0 aromatic rings. The number of hydrogen-bond donors (Lipinski definition) is 2. The van der Waals surface area contributed by atoms with Crippen molar-refractivity contribution in [1.29, 1.82) is 0 Å². The lowest BCUT2D eigenvalue weighted by atomic mass is 10.1. The van der Waals surface area contributed by atoms with Gasteiger partial charge in [0.2, 0.25) is 5.91 Å². The Balaban J connectivity index is 2.31. The van der Waals surface area contributed by atoms with Gasteiger partial charge in [0, 0.05) is 12.6 Å². The molecule has 1 aliphatic rings. The van der Waals surface area contributed by atoms with Gasteiger partial charge in [0.15, 0.2) is 0 Å². The van der Waals surface area contributed by atoms with Crippen LogP contribution in [0.4, 0.5) is 0 Å². The largest absolute Gasteiger partial charge is 0.350 e. The van der Waals surface area contributed by atoms with Crippen LogP contribution >= 0.6 is 0 Å². The summed E-state index contributed by atoms with van der Waals surface area (Å²) >= 11 is 0. The molecule has 1 fully saturated rings. The summed E-state index contributed by atoms with van der Waals surface area (Å²) in [5, 5.41) is 6.03. The highest BCUT2D eigenvalue weighted by Gasteiger charge is 2.22. The molecule has 0 bridgehead atoms. The minimum atomic E-state index is 0.0816. The third-order valence-corrected chi connectivity index (χ3v) is 2.15. The van der Waals surface area contributed by atoms with E-state index in [0.717, 1.165) is 19.5 Å². The first kappa shape index (κ1) is 9.26. The predicted octanol–water partition coefficient (Wildman–Crippen LogP) is 0.287. The van der Waals surface area contributed by atoms with E-state index in [9.17, 15) is 4.79 Å². The molecule has 0 radical (unpaired) electrons. The van der Waals surface area contributed by atoms with Crippen molar-refractivity contribution in [3.05, 3.63) is 12.7 Å². The lowest BCUT2D eigenvalue weighted by Crippen LogP contribution is -2.36. The van der Waals surface area contributed by atoms with Crippen molar-refractivity contribution in [1.82, 2.24) is 10.6 Å². The average Bonchev–Trinajstić information content (AvgIpc) is 2.56. The standard InChI is InChI=1S/C9H16N2O/c1-3-7(2)11-9(12)8-4-5-10-6-8/h3,7-8,10H,1,4-6H2,2H3,(H,11,12)/t7?,8-/m0/s1. The molecule has 2 N–H and O–H groups in total. The highest BCUT2D eigenvalue weighted by molar-refractivity contribution is 5.79. The van der Waals surface area contributed by atoms with Gasteiger partial charge in [-0.05, 0) is 19.9 Å². The predicted molar refractivity (Wildman–Crippen MR) is 48.8 cm³/mol. The van der Waals surface area contributed by atoms with Gasteiger partial charge in [-0.1, -0.05) is 6.08 Å². The minimum Gasteiger partial charge on any atom is -0.350 e. The van der Waals surface area contributed by atoms with Crippen LogP contribution in [0.3, 0.4) is 0 Å². The number of carbonyl (C=O) groups is 1. The van der Waals surface area contributed by atoms with Gasteiger partial charge in [-0.15, -0.1) is 6.58 Å². The highest BCUT2D eigenvalue weighted by atomic mass is 16.2. The molecule has 0 aromatic carbocycles. The van der Waals surface area contributed by atoms with Crippen molar-refractivity contribution in [2.24, 2.45) is 5.92 Å². The maximum atomic E-state index is 11.4. The Hall–Kier alpha value is -0.830. The summed E-state index contributed by atoms with van der Waals surface area (Å²) in [5.74, 6) is 0.305. The first-order valence-corrected chi connectivity index (χ1v) is 4.37. The van der Waals surface area contributed by atoms with Gasteiger partial charge in [-0.2, -0.15) is 0 Å². The second-order valence-corrected chi connectivity index (χ2v) is 3.22. The van der Waals surface area contributed by atoms with Crippen LogP contribution in [-0.2, 0) is 4.79 Å². The number of amides is 1. The fourth-order valence-electron chi connectivity index (χ4n) is 1.28. The van der Waals surface area contributed by atoms with E-state index in [1.807, 2.05) is 6.92 Å². The molecule has 68 valence electrons. The summed E-state index contributed by atoms with van der Waals surface area (Å²) in [7, 11) is 0. The fourth-order valence-corrected chi connectivity index (χ4v) is 1.28. The molecule has 0 aliphatic carbocycles. The zero-order chi connectivity index (χ0) is 8.97. The Morgan fingerprint density at radius 1 is 1.83 bits per heavy atom. The Labute approximate surface area is 73.2 Å². The van der Waals surface area contributed by atoms with E-state index in [2.05, 4.69) is 17.2 Å². The van der Waals surface area contributed by atoms with Gasteiger partial charge >= 0.3 is 0 Å². The van der Waals surface area contributed by atoms with E-state index in [-0.39, 0.29) is 17.9 Å². The summed E-state index contributed by atoms with van der Waals surface area (Å²) in [6.07, 6.45) is 2.69. The van der Waals surface area contributed by atoms with Crippen molar-refractivity contribution in [3.8, 4) is 0 Å². The first-order chi connectivity index (χ1) is 5.74. The van der Waals surface area contributed by atoms with Gasteiger partial charge in [0.05, 0.1) is 5.92 Å².